The van der Waals surface area contributed by atoms with Crippen molar-refractivity contribution in [1.29, 1.82) is 0 Å². The number of thioether (sulfide) groups is 2. The van der Waals surface area contributed by atoms with Crippen LogP contribution in [0.4, 0.5) is 17.6 Å². The third-order valence-corrected chi connectivity index (χ3v) is 4.45. The largest absolute Gasteiger partial charge is 0.390 e. The first-order valence-corrected chi connectivity index (χ1v) is 7.07. The van der Waals surface area contributed by atoms with Gasteiger partial charge in [-0.25, -0.2) is 0 Å². The number of hydrogen-bond acceptors (Lipinski definition) is 4. The van der Waals surface area contributed by atoms with Crippen LogP contribution in [0, 0.1) is 0 Å². The monoisotopic (exact) mass is 366 g/mol. The Kier molecular flexibility index (Phi) is 5.77. The molecular formula is C10H4Cl2F4O2S2. The third kappa shape index (κ3) is 5.16. The summed E-state index contributed by atoms with van der Waals surface area (Å²) in [5, 5.41) is -11.6. The van der Waals surface area contributed by atoms with Gasteiger partial charge < -0.3 is 0 Å². The maximum atomic E-state index is 12.6. The van der Waals surface area contributed by atoms with Crippen LogP contribution >= 0.6 is 46.7 Å². The van der Waals surface area contributed by atoms with Crippen molar-refractivity contribution in [3.8, 4) is 0 Å². The van der Waals surface area contributed by atoms with Crippen molar-refractivity contribution in [2.24, 2.45) is 0 Å². The molecule has 0 N–H and O–H groups in total. The molecule has 0 aliphatic carbocycles. The van der Waals surface area contributed by atoms with Crippen LogP contribution in [0.25, 0.3) is 0 Å². The minimum absolute atomic E-state index is 0.0479. The van der Waals surface area contributed by atoms with Crippen molar-refractivity contribution >= 4 is 57.0 Å². The molecule has 0 atom stereocenters. The highest BCUT2D eigenvalue weighted by molar-refractivity contribution is 8.16. The van der Waals surface area contributed by atoms with Gasteiger partial charge in [0.1, 0.15) is 0 Å². The van der Waals surface area contributed by atoms with Crippen molar-refractivity contribution < 1.29 is 27.2 Å². The molecule has 20 heavy (non-hydrogen) atoms. The molecule has 1 aromatic rings. The molecule has 0 radical (unpaired) electrons. The van der Waals surface area contributed by atoms with Gasteiger partial charge in [-0.05, 0) is 58.9 Å². The Labute approximate surface area is 129 Å². The molecule has 0 spiro atoms. The minimum atomic E-state index is -4.09. The molecule has 2 nitrogen and oxygen atoms in total. The molecule has 0 aliphatic rings. The second kappa shape index (κ2) is 6.55. The Morgan fingerprint density at radius 3 is 1.40 bits per heavy atom. The number of carbonyl (C=O) groups is 2. The zero-order valence-electron chi connectivity index (χ0n) is 9.21. The lowest BCUT2D eigenvalue weighted by molar-refractivity contribution is -0.124. The molecule has 110 valence electrons. The highest BCUT2D eigenvalue weighted by atomic mass is 35.5. The van der Waals surface area contributed by atoms with E-state index >= 15 is 0 Å². The van der Waals surface area contributed by atoms with Gasteiger partial charge in [0.25, 0.3) is 10.2 Å². The van der Waals surface area contributed by atoms with Crippen LogP contribution in [-0.4, -0.2) is 21.0 Å². The predicted octanol–water partition coefficient (Wildman–Crippen LogP) is 4.59. The van der Waals surface area contributed by atoms with Gasteiger partial charge in [-0.15, -0.1) is 0 Å². The molecule has 0 aromatic heterocycles. The number of benzene rings is 1. The van der Waals surface area contributed by atoms with Crippen molar-refractivity contribution in [1.82, 2.24) is 0 Å². The topological polar surface area (TPSA) is 34.1 Å². The molecule has 1 rings (SSSR count). The number of rotatable bonds is 4. The van der Waals surface area contributed by atoms with Crippen LogP contribution in [-0.2, 0) is 9.59 Å². The third-order valence-electron chi connectivity index (χ3n) is 1.72. The van der Waals surface area contributed by atoms with E-state index in [1.165, 1.54) is 24.3 Å². The van der Waals surface area contributed by atoms with Crippen LogP contribution in [0.15, 0.2) is 34.1 Å². The molecule has 0 amide bonds. The zero-order valence-corrected chi connectivity index (χ0v) is 12.4. The maximum absolute atomic E-state index is 12.6. The van der Waals surface area contributed by atoms with E-state index in [1.807, 2.05) is 0 Å². The summed E-state index contributed by atoms with van der Waals surface area (Å²) in [6, 6.07) is 5.20. The predicted molar refractivity (Wildman–Crippen MR) is 69.8 cm³/mol. The summed E-state index contributed by atoms with van der Waals surface area (Å²) in [6.07, 6.45) is 0. The second-order valence-corrected chi connectivity index (χ2v) is 6.20. The Balaban J connectivity index is 2.95. The minimum Gasteiger partial charge on any atom is -0.278 e. The fraction of sp³-hybridized carbons (Fsp3) is 0.200. The van der Waals surface area contributed by atoms with Crippen LogP contribution in [0.5, 0.6) is 0 Å². The van der Waals surface area contributed by atoms with Gasteiger partial charge in [0.15, 0.2) is 0 Å². The summed E-state index contributed by atoms with van der Waals surface area (Å²) in [4.78, 5) is 22.0. The van der Waals surface area contributed by atoms with E-state index < -0.39 is 21.0 Å². The Morgan fingerprint density at radius 2 is 1.15 bits per heavy atom. The highest BCUT2D eigenvalue weighted by Crippen LogP contribution is 2.39. The van der Waals surface area contributed by atoms with Gasteiger partial charge in [0, 0.05) is 9.79 Å². The standard InChI is InChI=1S/C10H4Cl2F4O2S2/c11-9(13,14)7(17)19-5-3-1-2-4-6(5)20-8(18)10(12,15)16/h1-4H. The molecule has 0 aliphatic heterocycles. The van der Waals surface area contributed by atoms with Crippen LogP contribution < -0.4 is 0 Å². The summed E-state index contributed by atoms with van der Waals surface area (Å²) >= 11 is 9.19. The molecule has 0 heterocycles. The quantitative estimate of drug-likeness (QED) is 0.443. The Hall–Kier alpha value is -0.440. The lowest BCUT2D eigenvalue weighted by Crippen LogP contribution is -2.18. The van der Waals surface area contributed by atoms with E-state index in [4.69, 9.17) is 0 Å². The average Bonchev–Trinajstić information content (AvgIpc) is 2.29. The molecule has 0 saturated carbocycles. The Morgan fingerprint density at radius 1 is 0.850 bits per heavy atom. The molecule has 0 unspecified atom stereocenters. The second-order valence-electron chi connectivity index (χ2n) is 3.22. The normalized spacial score (nSPS) is 12.3. The van der Waals surface area contributed by atoms with Crippen molar-refractivity contribution in [2.45, 2.75) is 20.6 Å². The van der Waals surface area contributed by atoms with Crippen molar-refractivity contribution in [3.63, 3.8) is 0 Å². The van der Waals surface area contributed by atoms with Gasteiger partial charge in [-0.3, -0.25) is 9.59 Å². The lowest BCUT2D eigenvalue weighted by atomic mass is 10.4. The molecule has 0 bridgehead atoms. The van der Waals surface area contributed by atoms with E-state index in [0.29, 0.717) is 0 Å². The number of alkyl halides is 6. The summed E-state index contributed by atoms with van der Waals surface area (Å²) < 4.78 is 50.3. The smallest absolute Gasteiger partial charge is 0.278 e. The number of carbonyl (C=O) groups excluding carboxylic acids is 2. The summed E-state index contributed by atoms with van der Waals surface area (Å²) in [7, 11) is 0. The summed E-state index contributed by atoms with van der Waals surface area (Å²) in [5.41, 5.74) is 0. The van der Waals surface area contributed by atoms with Gasteiger partial charge in [-0.2, -0.15) is 17.6 Å². The van der Waals surface area contributed by atoms with Crippen molar-refractivity contribution in [2.75, 3.05) is 0 Å². The number of hydrogen-bond donors (Lipinski definition) is 0. The van der Waals surface area contributed by atoms with Gasteiger partial charge in [0.2, 0.25) is 0 Å². The summed E-state index contributed by atoms with van der Waals surface area (Å²) in [5.74, 6) is 0. The summed E-state index contributed by atoms with van der Waals surface area (Å²) in [6.45, 7) is 0. The molecule has 0 saturated heterocycles. The van der Waals surface area contributed by atoms with E-state index in [-0.39, 0.29) is 33.3 Å². The van der Waals surface area contributed by atoms with Crippen molar-refractivity contribution in [3.05, 3.63) is 24.3 Å². The van der Waals surface area contributed by atoms with Gasteiger partial charge >= 0.3 is 10.8 Å². The molecule has 10 heteroatoms. The van der Waals surface area contributed by atoms with Gasteiger partial charge in [-0.1, -0.05) is 12.1 Å². The van der Waals surface area contributed by atoms with Crippen LogP contribution in [0.1, 0.15) is 0 Å². The first kappa shape index (κ1) is 17.6. The van der Waals surface area contributed by atoms with E-state index in [1.54, 1.807) is 0 Å². The SMILES string of the molecule is O=C(Sc1ccccc1SC(=O)C(F)(F)Cl)C(F)(F)Cl. The zero-order chi connectivity index (χ0) is 15.6. The fourth-order valence-electron chi connectivity index (χ4n) is 0.934. The van der Waals surface area contributed by atoms with E-state index in [2.05, 4.69) is 23.2 Å². The van der Waals surface area contributed by atoms with E-state index in [0.717, 1.165) is 0 Å². The number of halogens is 6. The average molecular weight is 367 g/mol. The van der Waals surface area contributed by atoms with Gasteiger partial charge in [0.05, 0.1) is 0 Å². The van der Waals surface area contributed by atoms with E-state index in [9.17, 15) is 27.2 Å². The highest BCUT2D eigenvalue weighted by Gasteiger charge is 2.39. The molecular weight excluding hydrogens is 363 g/mol. The van der Waals surface area contributed by atoms with Crippen LogP contribution in [0.3, 0.4) is 0 Å². The first-order chi connectivity index (χ1) is 9.01. The fourth-order valence-corrected chi connectivity index (χ4v) is 2.68. The lowest BCUT2D eigenvalue weighted by Gasteiger charge is -2.10. The molecule has 0 fully saturated rings. The Bertz CT molecular complexity index is 482. The molecule has 1 aromatic carbocycles. The van der Waals surface area contributed by atoms with Crippen LogP contribution in [0.2, 0.25) is 0 Å². The first-order valence-electron chi connectivity index (χ1n) is 4.69. The maximum Gasteiger partial charge on any atom is 0.390 e.